The van der Waals surface area contributed by atoms with Gasteiger partial charge in [-0.1, -0.05) is 38.1 Å². The molecule has 0 aliphatic heterocycles. The summed E-state index contributed by atoms with van der Waals surface area (Å²) in [6, 6.07) is 13.8. The monoisotopic (exact) mass is 331 g/mol. The highest BCUT2D eigenvalue weighted by Crippen LogP contribution is 2.20. The topological polar surface area (TPSA) is 63.2 Å². The van der Waals surface area contributed by atoms with E-state index < -0.39 is 15.7 Å². The van der Waals surface area contributed by atoms with Gasteiger partial charge < -0.3 is 5.32 Å². The smallest absolute Gasteiger partial charge is 0.256 e. The van der Waals surface area contributed by atoms with Crippen LogP contribution in [0.3, 0.4) is 0 Å². The Morgan fingerprint density at radius 3 is 2.26 bits per heavy atom. The fourth-order valence-corrected chi connectivity index (χ4v) is 3.87. The third kappa shape index (κ3) is 4.20. The minimum atomic E-state index is -3.45. The van der Waals surface area contributed by atoms with Crippen molar-refractivity contribution in [3.05, 3.63) is 59.7 Å². The molecule has 23 heavy (non-hydrogen) atoms. The highest BCUT2D eigenvalue weighted by atomic mass is 32.2. The lowest BCUT2D eigenvalue weighted by Crippen LogP contribution is -2.17. The van der Waals surface area contributed by atoms with E-state index in [9.17, 15) is 13.2 Å². The molecule has 0 spiro atoms. The van der Waals surface area contributed by atoms with Crippen molar-refractivity contribution in [2.45, 2.75) is 31.6 Å². The Morgan fingerprint density at radius 1 is 1.00 bits per heavy atom. The van der Waals surface area contributed by atoms with Gasteiger partial charge in [0.2, 0.25) is 0 Å². The molecule has 0 aromatic heterocycles. The second-order valence-electron chi connectivity index (χ2n) is 5.32. The summed E-state index contributed by atoms with van der Waals surface area (Å²) < 4.78 is 24.6. The largest absolute Gasteiger partial charge is 0.322 e. The van der Waals surface area contributed by atoms with Gasteiger partial charge in [0.15, 0.2) is 9.84 Å². The minimum absolute atomic E-state index is 0.0302. The summed E-state index contributed by atoms with van der Waals surface area (Å²) in [5.74, 6) is -0.382. The van der Waals surface area contributed by atoms with E-state index in [1.54, 1.807) is 19.1 Å². The van der Waals surface area contributed by atoms with Crippen LogP contribution in [0.25, 0.3) is 0 Å². The van der Waals surface area contributed by atoms with Crippen molar-refractivity contribution in [2.24, 2.45) is 0 Å². The summed E-state index contributed by atoms with van der Waals surface area (Å²) >= 11 is 0. The van der Waals surface area contributed by atoms with Gasteiger partial charge in [-0.05, 0) is 42.7 Å². The number of carbonyl (C=O) groups is 1. The van der Waals surface area contributed by atoms with E-state index in [0.717, 1.165) is 6.42 Å². The molecule has 5 heteroatoms. The Bertz CT molecular complexity index is 780. The lowest BCUT2D eigenvalue weighted by atomic mass is 10.1. The molecule has 0 aliphatic carbocycles. The second kappa shape index (κ2) is 7.42. The van der Waals surface area contributed by atoms with Gasteiger partial charge >= 0.3 is 0 Å². The summed E-state index contributed by atoms with van der Waals surface area (Å²) in [7, 11) is -3.45. The van der Waals surface area contributed by atoms with Crippen LogP contribution in [0.5, 0.6) is 0 Å². The van der Waals surface area contributed by atoms with Crippen LogP contribution in [0.1, 0.15) is 36.2 Å². The maximum absolute atomic E-state index is 12.5. The van der Waals surface area contributed by atoms with E-state index in [4.69, 9.17) is 0 Å². The fraction of sp³-hybridized carbons (Fsp3) is 0.278. The Balaban J connectivity index is 2.29. The van der Waals surface area contributed by atoms with Crippen LogP contribution in [-0.4, -0.2) is 20.1 Å². The molecule has 2 rings (SSSR count). The van der Waals surface area contributed by atoms with Gasteiger partial charge in [-0.25, -0.2) is 8.42 Å². The summed E-state index contributed by atoms with van der Waals surface area (Å²) in [6.07, 6.45) is 1.43. The Labute approximate surface area is 137 Å². The molecule has 0 fully saturated rings. The normalized spacial score (nSPS) is 11.2. The number of rotatable bonds is 6. The van der Waals surface area contributed by atoms with Crippen molar-refractivity contribution in [3.63, 3.8) is 0 Å². The lowest BCUT2D eigenvalue weighted by Gasteiger charge is -2.11. The van der Waals surface area contributed by atoms with Gasteiger partial charge in [-0.2, -0.15) is 0 Å². The van der Waals surface area contributed by atoms with Crippen molar-refractivity contribution < 1.29 is 13.2 Å². The SMILES string of the molecule is CCCS(=O)(=O)c1ccccc1C(=O)Nc1ccc(CC)cc1. The summed E-state index contributed by atoms with van der Waals surface area (Å²) in [4.78, 5) is 12.6. The number of nitrogens with one attached hydrogen (secondary N) is 1. The van der Waals surface area contributed by atoms with E-state index in [0.29, 0.717) is 12.1 Å². The predicted molar refractivity (Wildman–Crippen MR) is 92.6 cm³/mol. The Hall–Kier alpha value is -2.14. The van der Waals surface area contributed by atoms with Crippen molar-refractivity contribution >= 4 is 21.4 Å². The number of carbonyl (C=O) groups excluding carboxylic acids is 1. The number of amides is 1. The van der Waals surface area contributed by atoms with E-state index in [1.165, 1.54) is 17.7 Å². The van der Waals surface area contributed by atoms with Crippen molar-refractivity contribution in [2.75, 3.05) is 11.1 Å². The van der Waals surface area contributed by atoms with Gasteiger partial charge in [0.25, 0.3) is 5.91 Å². The van der Waals surface area contributed by atoms with Gasteiger partial charge in [-0.3, -0.25) is 4.79 Å². The average Bonchev–Trinajstić information content (AvgIpc) is 2.55. The minimum Gasteiger partial charge on any atom is -0.322 e. The quantitative estimate of drug-likeness (QED) is 0.878. The van der Waals surface area contributed by atoms with Gasteiger partial charge in [0.05, 0.1) is 16.2 Å². The molecule has 122 valence electrons. The second-order valence-corrected chi connectivity index (χ2v) is 7.40. The van der Waals surface area contributed by atoms with Crippen LogP contribution in [0.2, 0.25) is 0 Å². The molecule has 0 radical (unpaired) electrons. The maximum atomic E-state index is 12.5. The first-order valence-corrected chi connectivity index (χ1v) is 9.35. The van der Waals surface area contributed by atoms with E-state index in [-0.39, 0.29) is 16.2 Å². The van der Waals surface area contributed by atoms with Crippen LogP contribution < -0.4 is 5.32 Å². The van der Waals surface area contributed by atoms with E-state index in [1.807, 2.05) is 24.3 Å². The molecule has 0 unspecified atom stereocenters. The number of hydrogen-bond acceptors (Lipinski definition) is 3. The molecule has 4 nitrogen and oxygen atoms in total. The first-order valence-electron chi connectivity index (χ1n) is 7.70. The summed E-state index contributed by atoms with van der Waals surface area (Å²) in [6.45, 7) is 3.86. The molecular formula is C18H21NO3S. The molecule has 2 aromatic rings. The maximum Gasteiger partial charge on any atom is 0.256 e. The van der Waals surface area contributed by atoms with E-state index >= 15 is 0 Å². The molecule has 0 saturated heterocycles. The molecule has 2 aromatic carbocycles. The molecule has 0 atom stereocenters. The van der Waals surface area contributed by atoms with Crippen LogP contribution in [0.15, 0.2) is 53.4 Å². The van der Waals surface area contributed by atoms with Crippen molar-refractivity contribution in [3.8, 4) is 0 Å². The summed E-state index contributed by atoms with van der Waals surface area (Å²) in [5, 5.41) is 2.76. The number of benzene rings is 2. The van der Waals surface area contributed by atoms with Crippen molar-refractivity contribution in [1.29, 1.82) is 0 Å². The first-order chi connectivity index (χ1) is 11.0. The van der Waals surface area contributed by atoms with Crippen LogP contribution in [0.4, 0.5) is 5.69 Å². The Kier molecular flexibility index (Phi) is 5.55. The zero-order valence-electron chi connectivity index (χ0n) is 13.4. The highest BCUT2D eigenvalue weighted by Gasteiger charge is 2.21. The molecule has 0 saturated carbocycles. The molecule has 1 N–H and O–H groups in total. The molecular weight excluding hydrogens is 310 g/mol. The lowest BCUT2D eigenvalue weighted by molar-refractivity contribution is 0.102. The van der Waals surface area contributed by atoms with Gasteiger partial charge in [0.1, 0.15) is 0 Å². The molecule has 0 bridgehead atoms. The third-order valence-electron chi connectivity index (χ3n) is 3.56. The molecule has 0 aliphatic rings. The Morgan fingerprint density at radius 2 is 1.65 bits per heavy atom. The average molecular weight is 331 g/mol. The number of aryl methyl sites for hydroxylation is 1. The van der Waals surface area contributed by atoms with Crippen LogP contribution in [0, 0.1) is 0 Å². The first kappa shape index (κ1) is 17.2. The summed E-state index contributed by atoms with van der Waals surface area (Å²) in [5.41, 5.74) is 2.00. The zero-order chi connectivity index (χ0) is 16.9. The number of anilines is 1. The molecule has 0 heterocycles. The number of sulfone groups is 1. The zero-order valence-corrected chi connectivity index (χ0v) is 14.2. The van der Waals surface area contributed by atoms with Crippen LogP contribution in [-0.2, 0) is 16.3 Å². The fourth-order valence-electron chi connectivity index (χ4n) is 2.33. The predicted octanol–water partition coefficient (Wildman–Crippen LogP) is 3.69. The third-order valence-corrected chi connectivity index (χ3v) is 5.53. The highest BCUT2D eigenvalue weighted by molar-refractivity contribution is 7.91. The van der Waals surface area contributed by atoms with Crippen molar-refractivity contribution in [1.82, 2.24) is 0 Å². The number of hydrogen-bond donors (Lipinski definition) is 1. The molecule has 1 amide bonds. The van der Waals surface area contributed by atoms with Crippen LogP contribution >= 0.6 is 0 Å². The van der Waals surface area contributed by atoms with Gasteiger partial charge in [-0.15, -0.1) is 0 Å². The van der Waals surface area contributed by atoms with Gasteiger partial charge in [0, 0.05) is 5.69 Å². The standard InChI is InChI=1S/C18H21NO3S/c1-3-13-23(21,22)17-8-6-5-7-16(17)18(20)19-15-11-9-14(4-2)10-12-15/h5-12H,3-4,13H2,1-2H3,(H,19,20). The van der Waals surface area contributed by atoms with E-state index in [2.05, 4.69) is 12.2 Å².